The van der Waals surface area contributed by atoms with E-state index in [1.54, 1.807) is 6.92 Å². The highest BCUT2D eigenvalue weighted by molar-refractivity contribution is 7.21. The lowest BCUT2D eigenvalue weighted by Gasteiger charge is -2.08. The first-order valence-electron chi connectivity index (χ1n) is 9.61. The van der Waals surface area contributed by atoms with Crippen molar-refractivity contribution < 1.29 is 22.7 Å². The summed E-state index contributed by atoms with van der Waals surface area (Å²) in [7, 11) is 0. The van der Waals surface area contributed by atoms with E-state index in [4.69, 9.17) is 4.74 Å². The highest BCUT2D eigenvalue weighted by atomic mass is 32.1. The van der Waals surface area contributed by atoms with Crippen molar-refractivity contribution in [1.82, 2.24) is 0 Å². The number of thiophene rings is 1. The molecule has 0 aliphatic carbocycles. The predicted octanol–water partition coefficient (Wildman–Crippen LogP) is 6.85. The van der Waals surface area contributed by atoms with E-state index in [1.165, 1.54) is 23.5 Å². The lowest BCUT2D eigenvalue weighted by Crippen LogP contribution is -2.08. The first-order valence-corrected chi connectivity index (χ1v) is 10.4. The fourth-order valence-electron chi connectivity index (χ4n) is 3.04. The summed E-state index contributed by atoms with van der Waals surface area (Å²) in [6.07, 6.45) is -4.41. The SMILES string of the molecule is CCOC(=O)c1c(N2CC2)sc(N=Nc2ccc(C(F)(F)F)cc2)c1-c1ccccc1. The first kappa shape index (κ1) is 21.0. The normalized spacial score (nSPS) is 13.6. The van der Waals surface area contributed by atoms with Gasteiger partial charge < -0.3 is 9.64 Å². The van der Waals surface area contributed by atoms with Gasteiger partial charge in [0.05, 0.1) is 17.9 Å². The van der Waals surface area contributed by atoms with Crippen LogP contribution in [-0.2, 0) is 10.9 Å². The van der Waals surface area contributed by atoms with Crippen molar-refractivity contribution in [3.8, 4) is 11.1 Å². The van der Waals surface area contributed by atoms with E-state index < -0.39 is 17.7 Å². The predicted molar refractivity (Wildman–Crippen MR) is 114 cm³/mol. The standard InChI is InChI=1S/C22H18F3N3O2S/c1-2-30-21(29)18-17(14-6-4-3-5-7-14)19(31-20(18)28-12-13-28)27-26-16-10-8-15(9-11-16)22(23,24)25/h3-11H,2,12-13H2,1H3. The molecule has 0 unspecified atom stereocenters. The molecule has 9 heteroatoms. The topological polar surface area (TPSA) is 54.0 Å². The molecule has 2 heterocycles. The molecule has 160 valence electrons. The molecule has 0 saturated carbocycles. The Morgan fingerprint density at radius 2 is 1.74 bits per heavy atom. The first-order chi connectivity index (χ1) is 14.9. The third kappa shape index (κ3) is 4.61. The van der Waals surface area contributed by atoms with Gasteiger partial charge in [-0.3, -0.25) is 0 Å². The summed E-state index contributed by atoms with van der Waals surface area (Å²) in [6, 6.07) is 13.8. The minimum absolute atomic E-state index is 0.241. The Labute approximate surface area is 180 Å². The van der Waals surface area contributed by atoms with Gasteiger partial charge in [-0.2, -0.15) is 13.2 Å². The average molecular weight is 445 g/mol. The van der Waals surface area contributed by atoms with Crippen LogP contribution in [0.25, 0.3) is 11.1 Å². The Morgan fingerprint density at radius 1 is 1.06 bits per heavy atom. The van der Waals surface area contributed by atoms with Gasteiger partial charge in [-0.15, -0.1) is 10.2 Å². The smallest absolute Gasteiger partial charge is 0.416 e. The number of esters is 1. The van der Waals surface area contributed by atoms with E-state index in [0.29, 0.717) is 16.1 Å². The van der Waals surface area contributed by atoms with Crippen LogP contribution >= 0.6 is 11.3 Å². The van der Waals surface area contributed by atoms with Crippen LogP contribution in [0.4, 0.5) is 28.9 Å². The minimum Gasteiger partial charge on any atom is -0.462 e. The molecule has 0 bridgehead atoms. The summed E-state index contributed by atoms with van der Waals surface area (Å²) in [6.45, 7) is 3.65. The highest BCUT2D eigenvalue weighted by Crippen LogP contribution is 2.49. The van der Waals surface area contributed by atoms with E-state index >= 15 is 0 Å². The molecule has 0 radical (unpaired) electrons. The molecule has 0 spiro atoms. The molecule has 0 N–H and O–H groups in total. The van der Waals surface area contributed by atoms with Crippen LogP contribution in [0.2, 0.25) is 0 Å². The van der Waals surface area contributed by atoms with Crippen LogP contribution in [0, 0.1) is 0 Å². The van der Waals surface area contributed by atoms with Crippen LogP contribution < -0.4 is 4.90 Å². The lowest BCUT2D eigenvalue weighted by molar-refractivity contribution is -0.137. The molecule has 1 saturated heterocycles. The van der Waals surface area contributed by atoms with Crippen molar-refractivity contribution in [2.45, 2.75) is 13.1 Å². The monoisotopic (exact) mass is 445 g/mol. The molecule has 1 aliphatic heterocycles. The van der Waals surface area contributed by atoms with Gasteiger partial charge in [-0.25, -0.2) is 4.79 Å². The van der Waals surface area contributed by atoms with E-state index in [-0.39, 0.29) is 12.3 Å². The zero-order chi connectivity index (χ0) is 22.0. The quantitative estimate of drug-likeness (QED) is 0.237. The summed E-state index contributed by atoms with van der Waals surface area (Å²) >= 11 is 1.32. The number of hydrogen-bond donors (Lipinski definition) is 0. The Kier molecular flexibility index (Phi) is 5.77. The zero-order valence-corrected chi connectivity index (χ0v) is 17.3. The summed E-state index contributed by atoms with van der Waals surface area (Å²) in [5, 5.41) is 9.69. The lowest BCUT2D eigenvalue weighted by atomic mass is 10.0. The maximum atomic E-state index is 12.8. The number of rotatable bonds is 6. The molecule has 0 atom stereocenters. The molecule has 5 nitrogen and oxygen atoms in total. The molecular formula is C22H18F3N3O2S. The second-order valence-corrected chi connectivity index (χ2v) is 7.76. The molecule has 1 aromatic heterocycles. The maximum Gasteiger partial charge on any atom is 0.416 e. The number of nitrogens with zero attached hydrogens (tertiary/aromatic N) is 3. The van der Waals surface area contributed by atoms with E-state index in [9.17, 15) is 18.0 Å². The molecule has 31 heavy (non-hydrogen) atoms. The van der Waals surface area contributed by atoms with Crippen LogP contribution in [0.15, 0.2) is 64.8 Å². The number of benzene rings is 2. The maximum absolute atomic E-state index is 12.8. The average Bonchev–Trinajstić information content (AvgIpc) is 3.53. The number of halogens is 3. The Bertz CT molecular complexity index is 1110. The van der Waals surface area contributed by atoms with Crippen LogP contribution in [-0.4, -0.2) is 25.7 Å². The minimum atomic E-state index is -4.41. The number of alkyl halides is 3. The molecular weight excluding hydrogens is 427 g/mol. The van der Waals surface area contributed by atoms with Gasteiger partial charge in [0.2, 0.25) is 0 Å². The third-order valence-electron chi connectivity index (χ3n) is 4.60. The van der Waals surface area contributed by atoms with Crippen LogP contribution in [0.1, 0.15) is 22.8 Å². The largest absolute Gasteiger partial charge is 0.462 e. The number of ether oxygens (including phenoxy) is 1. The molecule has 2 aromatic carbocycles. The second-order valence-electron chi connectivity index (χ2n) is 6.78. The summed E-state index contributed by atoms with van der Waals surface area (Å²) in [5.41, 5.74) is 1.38. The Morgan fingerprint density at radius 3 is 2.32 bits per heavy atom. The fraction of sp³-hybridized carbons (Fsp3) is 0.227. The van der Waals surface area contributed by atoms with Crippen molar-refractivity contribution in [3.05, 3.63) is 65.7 Å². The van der Waals surface area contributed by atoms with Gasteiger partial charge in [-0.05, 0) is 36.8 Å². The summed E-state index contributed by atoms with van der Waals surface area (Å²) in [4.78, 5) is 14.8. The molecule has 3 aromatic rings. The van der Waals surface area contributed by atoms with Crippen molar-refractivity contribution in [2.24, 2.45) is 10.2 Å². The highest BCUT2D eigenvalue weighted by Gasteiger charge is 2.33. The van der Waals surface area contributed by atoms with E-state index in [0.717, 1.165) is 35.8 Å². The van der Waals surface area contributed by atoms with Crippen LogP contribution in [0.3, 0.4) is 0 Å². The summed E-state index contributed by atoms with van der Waals surface area (Å²) < 4.78 is 43.6. The van der Waals surface area contributed by atoms with Crippen molar-refractivity contribution in [1.29, 1.82) is 0 Å². The molecule has 1 aliphatic rings. The van der Waals surface area contributed by atoms with Gasteiger partial charge in [0, 0.05) is 18.7 Å². The summed E-state index contributed by atoms with van der Waals surface area (Å²) in [5.74, 6) is -0.435. The number of carbonyl (C=O) groups is 1. The van der Waals surface area contributed by atoms with Gasteiger partial charge in [0.1, 0.15) is 15.6 Å². The second kappa shape index (κ2) is 8.50. The number of hydrogen-bond acceptors (Lipinski definition) is 6. The zero-order valence-electron chi connectivity index (χ0n) is 16.5. The number of anilines is 1. The Hall–Kier alpha value is -3.20. The number of carbonyl (C=O) groups excluding carboxylic acids is 1. The molecule has 0 amide bonds. The van der Waals surface area contributed by atoms with Crippen molar-refractivity contribution in [2.75, 3.05) is 24.6 Å². The van der Waals surface area contributed by atoms with Crippen molar-refractivity contribution >= 4 is 33.0 Å². The Balaban J connectivity index is 1.77. The van der Waals surface area contributed by atoms with Gasteiger partial charge in [0.15, 0.2) is 0 Å². The molecule has 4 rings (SSSR count). The number of azo groups is 1. The van der Waals surface area contributed by atoms with Gasteiger partial charge in [-0.1, -0.05) is 41.7 Å². The van der Waals surface area contributed by atoms with Gasteiger partial charge in [0.25, 0.3) is 0 Å². The third-order valence-corrected chi connectivity index (χ3v) is 5.73. The van der Waals surface area contributed by atoms with Crippen molar-refractivity contribution in [3.63, 3.8) is 0 Å². The van der Waals surface area contributed by atoms with Gasteiger partial charge >= 0.3 is 12.1 Å². The van der Waals surface area contributed by atoms with Crippen LogP contribution in [0.5, 0.6) is 0 Å². The fourth-order valence-corrected chi connectivity index (χ4v) is 4.23. The molecule has 1 fully saturated rings. The van der Waals surface area contributed by atoms with E-state index in [1.807, 2.05) is 35.2 Å². The van der Waals surface area contributed by atoms with E-state index in [2.05, 4.69) is 10.2 Å².